The van der Waals surface area contributed by atoms with Gasteiger partial charge in [0.25, 0.3) is 0 Å². The predicted molar refractivity (Wildman–Crippen MR) is 79.4 cm³/mol. The number of hydrogen-bond donors (Lipinski definition) is 1. The first kappa shape index (κ1) is 14.1. The maximum absolute atomic E-state index is 5.49. The number of hydrogen-bond acceptors (Lipinski definition) is 4. The minimum Gasteiger partial charge on any atom is -0.497 e. The first-order chi connectivity index (χ1) is 9.83. The second-order valence-electron chi connectivity index (χ2n) is 4.04. The Bertz CT molecular complexity index is 529. The Morgan fingerprint density at radius 2 is 1.75 bits per heavy atom. The summed E-state index contributed by atoms with van der Waals surface area (Å²) in [5.74, 6) is 2.31. The molecule has 4 nitrogen and oxygen atoms in total. The lowest BCUT2D eigenvalue weighted by molar-refractivity contribution is 0.394. The Morgan fingerprint density at radius 1 is 0.950 bits per heavy atom. The number of rotatable bonds is 7. The van der Waals surface area contributed by atoms with Gasteiger partial charge in [0, 0.05) is 6.07 Å². The zero-order valence-electron chi connectivity index (χ0n) is 11.6. The molecule has 0 saturated carbocycles. The number of nitrogens with one attached hydrogen (secondary N) is 1. The van der Waals surface area contributed by atoms with E-state index in [-0.39, 0.29) is 0 Å². The zero-order chi connectivity index (χ0) is 14.2. The molecular formula is C16H18NO3. The van der Waals surface area contributed by atoms with E-state index in [1.165, 1.54) is 0 Å². The Kier molecular flexibility index (Phi) is 5.12. The van der Waals surface area contributed by atoms with Crippen LogP contribution in [0.5, 0.6) is 17.2 Å². The van der Waals surface area contributed by atoms with Gasteiger partial charge in [-0.3, -0.25) is 0 Å². The van der Waals surface area contributed by atoms with Crippen molar-refractivity contribution in [3.8, 4) is 17.2 Å². The molecule has 0 saturated heterocycles. The van der Waals surface area contributed by atoms with Crippen LogP contribution in [0.2, 0.25) is 0 Å². The van der Waals surface area contributed by atoms with Crippen LogP contribution < -0.4 is 19.5 Å². The van der Waals surface area contributed by atoms with E-state index in [1.54, 1.807) is 20.8 Å². The van der Waals surface area contributed by atoms with Crippen LogP contribution in [0.1, 0.15) is 0 Å². The highest BCUT2D eigenvalue weighted by Crippen LogP contribution is 2.28. The van der Waals surface area contributed by atoms with E-state index in [0.717, 1.165) is 22.9 Å². The lowest BCUT2D eigenvalue weighted by Gasteiger charge is -2.12. The average Bonchev–Trinajstić information content (AvgIpc) is 2.52. The van der Waals surface area contributed by atoms with Crippen LogP contribution in [0.25, 0.3) is 0 Å². The number of benzene rings is 2. The summed E-state index contributed by atoms with van der Waals surface area (Å²) in [5, 5.41) is 3.22. The van der Waals surface area contributed by atoms with E-state index in [0.29, 0.717) is 6.54 Å². The minimum atomic E-state index is 0.567. The third-order valence-electron chi connectivity index (χ3n) is 2.75. The Balaban J connectivity index is 1.85. The summed E-state index contributed by atoms with van der Waals surface area (Å²) < 4.78 is 16.0. The molecule has 0 bridgehead atoms. The van der Waals surface area contributed by atoms with E-state index >= 15 is 0 Å². The highest BCUT2D eigenvalue weighted by atomic mass is 16.5. The second-order valence-corrected chi connectivity index (χ2v) is 4.04. The monoisotopic (exact) mass is 272 g/mol. The second kappa shape index (κ2) is 7.28. The van der Waals surface area contributed by atoms with Gasteiger partial charge in [0.1, 0.15) is 17.2 Å². The summed E-state index contributed by atoms with van der Waals surface area (Å²) in [6.45, 7) is 2.27. The van der Waals surface area contributed by atoms with Crippen molar-refractivity contribution >= 4 is 5.69 Å². The fraction of sp³-hybridized carbons (Fsp3) is 0.188. The summed E-state index contributed by atoms with van der Waals surface area (Å²) in [5.41, 5.74) is 0.890. The molecule has 20 heavy (non-hydrogen) atoms. The summed E-state index contributed by atoms with van der Waals surface area (Å²) in [4.78, 5) is 0. The summed E-state index contributed by atoms with van der Waals surface area (Å²) in [7, 11) is 3.26. The molecule has 2 rings (SSSR count). The highest BCUT2D eigenvalue weighted by molar-refractivity contribution is 5.59. The van der Waals surface area contributed by atoms with Gasteiger partial charge in [0.05, 0.1) is 26.5 Å². The van der Waals surface area contributed by atoms with E-state index in [4.69, 9.17) is 14.2 Å². The Hall–Kier alpha value is -2.36. The third-order valence-corrected chi connectivity index (χ3v) is 2.75. The first-order valence-electron chi connectivity index (χ1n) is 6.33. The molecule has 0 aromatic heterocycles. The van der Waals surface area contributed by atoms with Crippen molar-refractivity contribution in [3.63, 3.8) is 0 Å². The van der Waals surface area contributed by atoms with Crippen molar-refractivity contribution in [2.24, 2.45) is 0 Å². The normalized spacial score (nSPS) is 9.90. The number of para-hydroxylation sites is 1. The molecule has 0 aliphatic rings. The van der Waals surface area contributed by atoms with Gasteiger partial charge < -0.3 is 19.5 Å². The molecule has 4 heteroatoms. The quantitative estimate of drug-likeness (QED) is 0.785. The summed E-state index contributed by atoms with van der Waals surface area (Å²) in [6.07, 6.45) is 0. The Labute approximate surface area is 119 Å². The van der Waals surface area contributed by atoms with Crippen molar-refractivity contribution in [3.05, 3.63) is 55.1 Å². The zero-order valence-corrected chi connectivity index (χ0v) is 11.6. The molecule has 1 radical (unpaired) electrons. The van der Waals surface area contributed by atoms with Gasteiger partial charge in [0.15, 0.2) is 6.61 Å². The van der Waals surface area contributed by atoms with Crippen LogP contribution in [0.4, 0.5) is 5.69 Å². The third kappa shape index (κ3) is 3.82. The number of anilines is 1. The van der Waals surface area contributed by atoms with Crippen LogP contribution >= 0.6 is 0 Å². The molecule has 2 aromatic rings. The lowest BCUT2D eigenvalue weighted by atomic mass is 10.2. The van der Waals surface area contributed by atoms with Gasteiger partial charge in [-0.2, -0.15) is 0 Å². The van der Waals surface area contributed by atoms with Gasteiger partial charge in [-0.05, 0) is 24.3 Å². The van der Waals surface area contributed by atoms with Crippen LogP contribution in [-0.2, 0) is 0 Å². The van der Waals surface area contributed by atoms with E-state index < -0.39 is 0 Å². The lowest BCUT2D eigenvalue weighted by Crippen LogP contribution is -2.07. The molecular weight excluding hydrogens is 254 g/mol. The van der Waals surface area contributed by atoms with Crippen molar-refractivity contribution in [1.29, 1.82) is 0 Å². The number of methoxy groups -OCH3 is 2. The maximum atomic E-state index is 5.49. The fourth-order valence-electron chi connectivity index (χ4n) is 1.73. The van der Waals surface area contributed by atoms with Gasteiger partial charge in [-0.1, -0.05) is 18.2 Å². The molecule has 0 aliphatic carbocycles. The van der Waals surface area contributed by atoms with Crippen molar-refractivity contribution < 1.29 is 14.2 Å². The molecule has 0 unspecified atom stereocenters. The minimum absolute atomic E-state index is 0.567. The molecule has 1 N–H and O–H groups in total. The summed E-state index contributed by atoms with van der Waals surface area (Å²) in [6, 6.07) is 15.3. The predicted octanol–water partition coefficient (Wildman–Crippen LogP) is 3.36. The molecule has 0 amide bonds. The van der Waals surface area contributed by atoms with Crippen LogP contribution in [-0.4, -0.2) is 20.8 Å². The largest absolute Gasteiger partial charge is 0.497 e. The van der Waals surface area contributed by atoms with Crippen molar-refractivity contribution in [2.45, 2.75) is 0 Å². The fourth-order valence-corrected chi connectivity index (χ4v) is 1.73. The van der Waals surface area contributed by atoms with Gasteiger partial charge in [-0.15, -0.1) is 0 Å². The van der Waals surface area contributed by atoms with E-state index in [2.05, 4.69) is 5.32 Å². The number of ether oxygens (including phenoxy) is 3. The van der Waals surface area contributed by atoms with Gasteiger partial charge in [0.2, 0.25) is 0 Å². The molecule has 0 fully saturated rings. The smallest absolute Gasteiger partial charge is 0.154 e. The topological polar surface area (TPSA) is 39.7 Å². The molecule has 0 atom stereocenters. The standard InChI is InChI=1S/C16H18NO3/c1-18-14-8-9-15(16(12-14)19-2)17-10-11-20-13-6-4-3-5-7-13/h3-9,11-12,17H,10H2,1-2H3. The van der Waals surface area contributed by atoms with Crippen LogP contribution in [0.3, 0.4) is 0 Å². The van der Waals surface area contributed by atoms with Crippen molar-refractivity contribution in [1.82, 2.24) is 0 Å². The van der Waals surface area contributed by atoms with Crippen LogP contribution in [0.15, 0.2) is 48.5 Å². The van der Waals surface area contributed by atoms with Crippen LogP contribution in [0, 0.1) is 6.61 Å². The van der Waals surface area contributed by atoms with Crippen molar-refractivity contribution in [2.75, 3.05) is 26.1 Å². The maximum Gasteiger partial charge on any atom is 0.154 e. The summed E-state index contributed by atoms with van der Waals surface area (Å²) >= 11 is 0. The van der Waals surface area contributed by atoms with E-state index in [9.17, 15) is 0 Å². The molecule has 2 aromatic carbocycles. The first-order valence-corrected chi connectivity index (χ1v) is 6.33. The molecule has 0 spiro atoms. The van der Waals surface area contributed by atoms with Gasteiger partial charge in [-0.25, -0.2) is 0 Å². The average molecular weight is 272 g/mol. The SMILES string of the molecule is COc1ccc(NC[CH]Oc2ccccc2)c(OC)c1. The molecule has 105 valence electrons. The molecule has 0 aliphatic heterocycles. The van der Waals surface area contributed by atoms with E-state index in [1.807, 2.05) is 48.5 Å². The van der Waals surface area contributed by atoms with Gasteiger partial charge >= 0.3 is 0 Å². The molecule has 0 heterocycles. The Morgan fingerprint density at radius 3 is 2.45 bits per heavy atom. The highest BCUT2D eigenvalue weighted by Gasteiger charge is 2.04.